The van der Waals surface area contributed by atoms with Crippen molar-refractivity contribution in [2.45, 2.75) is 58.5 Å². The second-order valence-electron chi connectivity index (χ2n) is 6.01. The first kappa shape index (κ1) is 15.8. The first-order valence-electron chi connectivity index (χ1n) is 7.95. The standard InChI is InChI=1S/C17H27N3O/c1-4-20(15-7-5-6-8-15)13(3)17(21)19-16-11-14(18)10-9-12(16)2/h9-11,13,15H,4-8,18H2,1-3H3,(H,19,21). The third kappa shape index (κ3) is 3.76. The number of benzene rings is 1. The van der Waals surface area contributed by atoms with Gasteiger partial charge >= 0.3 is 0 Å². The maximum atomic E-state index is 12.5. The van der Waals surface area contributed by atoms with Crippen molar-refractivity contribution in [2.24, 2.45) is 0 Å². The van der Waals surface area contributed by atoms with E-state index in [9.17, 15) is 4.79 Å². The van der Waals surface area contributed by atoms with Crippen LogP contribution >= 0.6 is 0 Å². The van der Waals surface area contributed by atoms with Crippen molar-refractivity contribution in [1.29, 1.82) is 0 Å². The van der Waals surface area contributed by atoms with Gasteiger partial charge in [-0.25, -0.2) is 0 Å². The van der Waals surface area contributed by atoms with Gasteiger partial charge < -0.3 is 11.1 Å². The van der Waals surface area contributed by atoms with Crippen molar-refractivity contribution in [3.8, 4) is 0 Å². The number of nitrogens with zero attached hydrogens (tertiary/aromatic N) is 1. The summed E-state index contributed by atoms with van der Waals surface area (Å²) in [4.78, 5) is 14.9. The normalized spacial score (nSPS) is 17.1. The molecule has 1 fully saturated rings. The number of rotatable bonds is 5. The van der Waals surface area contributed by atoms with Crippen molar-refractivity contribution in [2.75, 3.05) is 17.6 Å². The molecule has 0 aromatic heterocycles. The Morgan fingerprint density at radius 3 is 2.71 bits per heavy atom. The van der Waals surface area contributed by atoms with Crippen molar-refractivity contribution >= 4 is 17.3 Å². The van der Waals surface area contributed by atoms with E-state index < -0.39 is 0 Å². The van der Waals surface area contributed by atoms with E-state index in [1.807, 2.05) is 32.0 Å². The fourth-order valence-corrected chi connectivity index (χ4v) is 3.25. The molecule has 1 aromatic carbocycles. The lowest BCUT2D eigenvalue weighted by atomic mass is 10.1. The number of hydrogen-bond donors (Lipinski definition) is 2. The summed E-state index contributed by atoms with van der Waals surface area (Å²) >= 11 is 0. The monoisotopic (exact) mass is 289 g/mol. The molecule has 0 radical (unpaired) electrons. The highest BCUT2D eigenvalue weighted by molar-refractivity contribution is 5.95. The van der Waals surface area contributed by atoms with E-state index in [0.717, 1.165) is 17.8 Å². The molecule has 1 aliphatic carbocycles. The Morgan fingerprint density at radius 1 is 1.43 bits per heavy atom. The zero-order chi connectivity index (χ0) is 15.4. The lowest BCUT2D eigenvalue weighted by molar-refractivity contribution is -0.121. The number of nitrogen functional groups attached to an aromatic ring is 1. The van der Waals surface area contributed by atoms with Crippen LogP contribution in [-0.4, -0.2) is 29.4 Å². The van der Waals surface area contributed by atoms with Gasteiger partial charge in [-0.15, -0.1) is 0 Å². The summed E-state index contributed by atoms with van der Waals surface area (Å²) in [7, 11) is 0. The average molecular weight is 289 g/mol. The van der Waals surface area contributed by atoms with Crippen LogP contribution in [0.3, 0.4) is 0 Å². The molecule has 116 valence electrons. The molecule has 4 heteroatoms. The van der Waals surface area contributed by atoms with Gasteiger partial charge in [0, 0.05) is 17.4 Å². The minimum atomic E-state index is -0.112. The first-order valence-corrected chi connectivity index (χ1v) is 7.95. The third-order valence-corrected chi connectivity index (χ3v) is 4.56. The minimum absolute atomic E-state index is 0.0532. The van der Waals surface area contributed by atoms with Crippen LogP contribution in [0.2, 0.25) is 0 Å². The topological polar surface area (TPSA) is 58.4 Å². The van der Waals surface area contributed by atoms with Crippen LogP contribution in [0.1, 0.15) is 45.1 Å². The van der Waals surface area contributed by atoms with E-state index in [4.69, 9.17) is 5.73 Å². The molecule has 1 aliphatic rings. The predicted octanol–water partition coefficient (Wildman–Crippen LogP) is 3.17. The number of amides is 1. The summed E-state index contributed by atoms with van der Waals surface area (Å²) in [5.74, 6) is 0.0532. The van der Waals surface area contributed by atoms with Gasteiger partial charge in [0.1, 0.15) is 0 Å². The number of hydrogen-bond acceptors (Lipinski definition) is 3. The fraction of sp³-hybridized carbons (Fsp3) is 0.588. The number of nitrogens with two attached hydrogens (primary N) is 1. The van der Waals surface area contributed by atoms with Crippen LogP contribution < -0.4 is 11.1 Å². The molecule has 0 bridgehead atoms. The quantitative estimate of drug-likeness (QED) is 0.819. The van der Waals surface area contributed by atoms with E-state index in [0.29, 0.717) is 11.7 Å². The Labute approximate surface area is 127 Å². The van der Waals surface area contributed by atoms with Gasteiger partial charge in [-0.1, -0.05) is 25.8 Å². The molecule has 1 amide bonds. The van der Waals surface area contributed by atoms with E-state index >= 15 is 0 Å². The van der Waals surface area contributed by atoms with Gasteiger partial charge in [0.2, 0.25) is 5.91 Å². The second kappa shape index (κ2) is 6.94. The molecule has 2 rings (SSSR count). The number of nitrogens with one attached hydrogen (secondary N) is 1. The molecular formula is C17H27N3O. The van der Waals surface area contributed by atoms with Crippen molar-refractivity contribution in [3.63, 3.8) is 0 Å². The maximum absolute atomic E-state index is 12.5. The summed E-state index contributed by atoms with van der Waals surface area (Å²) < 4.78 is 0. The van der Waals surface area contributed by atoms with E-state index in [1.54, 1.807) is 0 Å². The second-order valence-corrected chi connectivity index (χ2v) is 6.01. The summed E-state index contributed by atoms with van der Waals surface area (Å²) in [6.07, 6.45) is 4.99. The Bertz CT molecular complexity index is 495. The smallest absolute Gasteiger partial charge is 0.241 e. The molecule has 3 N–H and O–H groups in total. The molecule has 0 saturated heterocycles. The summed E-state index contributed by atoms with van der Waals surface area (Å²) in [6, 6.07) is 6.05. The van der Waals surface area contributed by atoms with Gasteiger partial charge in [0.25, 0.3) is 0 Å². The molecule has 1 aromatic rings. The number of anilines is 2. The van der Waals surface area contributed by atoms with Crippen molar-refractivity contribution in [3.05, 3.63) is 23.8 Å². The minimum Gasteiger partial charge on any atom is -0.399 e. The van der Waals surface area contributed by atoms with Gasteiger partial charge in [-0.05, 0) is 50.9 Å². The Hall–Kier alpha value is -1.55. The number of likely N-dealkylation sites (N-methyl/N-ethyl adjacent to an activating group) is 1. The molecule has 1 atom stereocenters. The van der Waals surface area contributed by atoms with Crippen LogP contribution in [-0.2, 0) is 4.79 Å². The zero-order valence-electron chi connectivity index (χ0n) is 13.4. The Kier molecular flexibility index (Phi) is 5.23. The Balaban J connectivity index is 2.05. The molecule has 21 heavy (non-hydrogen) atoms. The van der Waals surface area contributed by atoms with E-state index in [-0.39, 0.29) is 11.9 Å². The maximum Gasteiger partial charge on any atom is 0.241 e. The lowest BCUT2D eigenvalue weighted by Gasteiger charge is -2.32. The molecule has 0 spiro atoms. The van der Waals surface area contributed by atoms with Gasteiger partial charge in [0.15, 0.2) is 0 Å². The van der Waals surface area contributed by atoms with E-state index in [1.165, 1.54) is 25.7 Å². The fourth-order valence-electron chi connectivity index (χ4n) is 3.25. The average Bonchev–Trinajstić information content (AvgIpc) is 2.97. The number of carbonyl (C=O) groups excluding carboxylic acids is 1. The first-order chi connectivity index (χ1) is 10.0. The number of carbonyl (C=O) groups is 1. The van der Waals surface area contributed by atoms with Crippen LogP contribution in [0.4, 0.5) is 11.4 Å². The number of aryl methyl sites for hydroxylation is 1. The highest BCUT2D eigenvalue weighted by atomic mass is 16.2. The highest BCUT2D eigenvalue weighted by Crippen LogP contribution is 2.25. The SMILES string of the molecule is CCN(C1CCCC1)C(C)C(=O)Nc1cc(N)ccc1C. The molecule has 1 unspecified atom stereocenters. The van der Waals surface area contributed by atoms with Crippen LogP contribution in [0.25, 0.3) is 0 Å². The van der Waals surface area contributed by atoms with Gasteiger partial charge in [-0.2, -0.15) is 0 Å². The largest absolute Gasteiger partial charge is 0.399 e. The summed E-state index contributed by atoms with van der Waals surface area (Å²) in [5.41, 5.74) is 8.33. The highest BCUT2D eigenvalue weighted by Gasteiger charge is 2.29. The molecule has 0 aliphatic heterocycles. The molecule has 4 nitrogen and oxygen atoms in total. The van der Waals surface area contributed by atoms with Crippen LogP contribution in [0.5, 0.6) is 0 Å². The zero-order valence-corrected chi connectivity index (χ0v) is 13.4. The van der Waals surface area contributed by atoms with E-state index in [2.05, 4.69) is 17.1 Å². The Morgan fingerprint density at radius 2 is 2.10 bits per heavy atom. The van der Waals surface area contributed by atoms with Crippen molar-refractivity contribution < 1.29 is 4.79 Å². The summed E-state index contributed by atoms with van der Waals surface area (Å²) in [5, 5.41) is 3.03. The van der Waals surface area contributed by atoms with Crippen LogP contribution in [0.15, 0.2) is 18.2 Å². The molecular weight excluding hydrogens is 262 g/mol. The third-order valence-electron chi connectivity index (χ3n) is 4.56. The van der Waals surface area contributed by atoms with Crippen LogP contribution in [0, 0.1) is 6.92 Å². The molecule has 0 heterocycles. The molecule has 1 saturated carbocycles. The van der Waals surface area contributed by atoms with Crippen molar-refractivity contribution in [1.82, 2.24) is 4.90 Å². The van der Waals surface area contributed by atoms with Gasteiger partial charge in [0.05, 0.1) is 6.04 Å². The lowest BCUT2D eigenvalue weighted by Crippen LogP contribution is -2.46. The summed E-state index contributed by atoms with van der Waals surface area (Å²) in [6.45, 7) is 7.02. The van der Waals surface area contributed by atoms with Gasteiger partial charge in [-0.3, -0.25) is 9.69 Å². The predicted molar refractivity (Wildman–Crippen MR) is 88.3 cm³/mol.